The van der Waals surface area contributed by atoms with Gasteiger partial charge in [0.25, 0.3) is 0 Å². The average molecular weight is 327 g/mol. The summed E-state index contributed by atoms with van der Waals surface area (Å²) in [6.07, 6.45) is 3.78. The minimum atomic E-state index is 0.467. The molecule has 2 rings (SSSR count). The lowest BCUT2D eigenvalue weighted by Gasteiger charge is -2.22. The third kappa shape index (κ3) is 1.92. The molecule has 2 heterocycles. The first-order valence-electron chi connectivity index (χ1n) is 3.62. The van der Waals surface area contributed by atoms with E-state index in [1.54, 1.807) is 16.7 Å². The lowest BCUT2D eigenvalue weighted by Crippen LogP contribution is -2.16. The zero-order chi connectivity index (χ0) is 9.42. The highest BCUT2D eigenvalue weighted by Crippen LogP contribution is 2.32. The van der Waals surface area contributed by atoms with Crippen molar-refractivity contribution in [3.63, 3.8) is 0 Å². The van der Waals surface area contributed by atoms with Crippen LogP contribution >= 0.6 is 46.0 Å². The van der Waals surface area contributed by atoms with Crippen LogP contribution in [-0.2, 0) is 0 Å². The van der Waals surface area contributed by atoms with Crippen molar-refractivity contribution in [1.29, 1.82) is 0 Å². The Morgan fingerprint density at radius 3 is 3.08 bits per heavy atom. The molecule has 13 heavy (non-hydrogen) atoms. The van der Waals surface area contributed by atoms with E-state index >= 15 is 0 Å². The molecule has 0 saturated heterocycles. The fourth-order valence-electron chi connectivity index (χ4n) is 1.18. The van der Waals surface area contributed by atoms with Crippen molar-refractivity contribution in [2.75, 3.05) is 11.0 Å². The molecule has 1 aromatic rings. The Morgan fingerprint density at radius 1 is 1.54 bits per heavy atom. The van der Waals surface area contributed by atoms with Gasteiger partial charge in [0.1, 0.15) is 5.15 Å². The van der Waals surface area contributed by atoms with Crippen LogP contribution < -0.4 is 4.42 Å². The van der Waals surface area contributed by atoms with E-state index in [1.807, 2.05) is 0 Å². The second-order valence-electron chi connectivity index (χ2n) is 2.68. The zero-order valence-electron chi connectivity index (χ0n) is 6.47. The summed E-state index contributed by atoms with van der Waals surface area (Å²) in [6.45, 7) is 0.718. The van der Waals surface area contributed by atoms with Gasteiger partial charge >= 0.3 is 0 Å². The van der Waals surface area contributed by atoms with Crippen LogP contribution in [0.15, 0.2) is 15.8 Å². The Kier molecular flexibility index (Phi) is 2.67. The molecule has 0 aromatic carbocycles. The number of rotatable bonds is 0. The van der Waals surface area contributed by atoms with Crippen molar-refractivity contribution in [3.05, 3.63) is 26.6 Å². The standard InChI is InChI=1S/C8H5Cl2IN2/c9-8-2-7-5(3-12-8)1-6(11)4-13(7)10/h1-3H,4H2. The van der Waals surface area contributed by atoms with Gasteiger partial charge in [-0.25, -0.2) is 4.98 Å². The van der Waals surface area contributed by atoms with Gasteiger partial charge < -0.3 is 0 Å². The molecule has 0 unspecified atom stereocenters. The van der Waals surface area contributed by atoms with Crippen LogP contribution in [0.3, 0.4) is 0 Å². The molecule has 0 atom stereocenters. The van der Waals surface area contributed by atoms with Crippen LogP contribution in [0.2, 0.25) is 5.15 Å². The maximum Gasteiger partial charge on any atom is 0.131 e. The molecule has 0 radical (unpaired) electrons. The fraction of sp³-hybridized carbons (Fsp3) is 0.125. The van der Waals surface area contributed by atoms with Crippen molar-refractivity contribution in [1.82, 2.24) is 4.98 Å². The number of hydrogen-bond donors (Lipinski definition) is 0. The molecule has 1 aliphatic rings. The second kappa shape index (κ2) is 3.63. The molecule has 5 heteroatoms. The number of aromatic nitrogens is 1. The largest absolute Gasteiger partial charge is 0.280 e. The number of fused-ring (bicyclic) bond motifs is 1. The maximum absolute atomic E-state index is 6.02. The molecule has 0 saturated carbocycles. The molecule has 0 N–H and O–H groups in total. The van der Waals surface area contributed by atoms with Crippen molar-refractivity contribution in [2.24, 2.45) is 0 Å². The summed E-state index contributed by atoms with van der Waals surface area (Å²) in [7, 11) is 0. The van der Waals surface area contributed by atoms with Gasteiger partial charge in [-0.3, -0.25) is 4.42 Å². The van der Waals surface area contributed by atoms with Crippen molar-refractivity contribution >= 4 is 57.7 Å². The van der Waals surface area contributed by atoms with Gasteiger partial charge in [0.05, 0.1) is 12.2 Å². The van der Waals surface area contributed by atoms with E-state index in [0.29, 0.717) is 5.15 Å². The minimum Gasteiger partial charge on any atom is -0.280 e. The molecular weight excluding hydrogens is 322 g/mol. The van der Waals surface area contributed by atoms with Crippen LogP contribution in [-0.4, -0.2) is 11.5 Å². The van der Waals surface area contributed by atoms with Gasteiger partial charge in [0.15, 0.2) is 0 Å². The van der Waals surface area contributed by atoms with Crippen LogP contribution in [0, 0.1) is 0 Å². The number of anilines is 1. The van der Waals surface area contributed by atoms with Crippen molar-refractivity contribution < 1.29 is 0 Å². The number of pyridine rings is 1. The normalized spacial score (nSPS) is 15.3. The molecule has 1 aliphatic heterocycles. The van der Waals surface area contributed by atoms with Gasteiger partial charge in [-0.2, -0.15) is 0 Å². The van der Waals surface area contributed by atoms with E-state index in [1.165, 1.54) is 3.58 Å². The number of nitrogens with zero attached hydrogens (tertiary/aromatic N) is 2. The minimum absolute atomic E-state index is 0.467. The second-order valence-corrected chi connectivity index (χ2v) is 4.86. The van der Waals surface area contributed by atoms with Gasteiger partial charge in [-0.05, 0) is 28.7 Å². The Morgan fingerprint density at radius 2 is 2.31 bits per heavy atom. The maximum atomic E-state index is 6.02. The summed E-state index contributed by atoms with van der Waals surface area (Å²) in [6, 6.07) is 1.77. The van der Waals surface area contributed by atoms with Gasteiger partial charge in [-0.15, -0.1) is 0 Å². The highest BCUT2D eigenvalue weighted by molar-refractivity contribution is 14.1. The van der Waals surface area contributed by atoms with E-state index in [9.17, 15) is 0 Å². The number of hydrogen-bond acceptors (Lipinski definition) is 2. The molecule has 0 spiro atoms. The summed E-state index contributed by atoms with van der Waals surface area (Å²) < 4.78 is 2.83. The molecule has 0 fully saturated rings. The quantitative estimate of drug-likeness (QED) is 0.412. The van der Waals surface area contributed by atoms with E-state index < -0.39 is 0 Å². The van der Waals surface area contributed by atoms with E-state index in [2.05, 4.69) is 33.7 Å². The third-order valence-electron chi connectivity index (χ3n) is 1.74. The molecule has 0 aliphatic carbocycles. The first kappa shape index (κ1) is 9.55. The summed E-state index contributed by atoms with van der Waals surface area (Å²) in [5.74, 6) is 0. The average Bonchev–Trinajstić information content (AvgIpc) is 2.06. The third-order valence-corrected chi connectivity index (χ3v) is 2.90. The predicted molar refractivity (Wildman–Crippen MR) is 64.4 cm³/mol. The summed E-state index contributed by atoms with van der Waals surface area (Å²) in [4.78, 5) is 3.99. The molecule has 68 valence electrons. The zero-order valence-corrected chi connectivity index (χ0v) is 10.1. The van der Waals surface area contributed by atoms with Crippen molar-refractivity contribution in [3.8, 4) is 0 Å². The predicted octanol–water partition coefficient (Wildman–Crippen LogP) is 3.48. The van der Waals surface area contributed by atoms with Crippen LogP contribution in [0.25, 0.3) is 6.08 Å². The molecule has 0 bridgehead atoms. The SMILES string of the molecule is Clc1cc2c(cn1)C=C(I)CN2Cl. The Bertz CT molecular complexity index is 378. The monoisotopic (exact) mass is 326 g/mol. The van der Waals surface area contributed by atoms with E-state index in [0.717, 1.165) is 17.8 Å². The molecule has 0 amide bonds. The van der Waals surface area contributed by atoms with Crippen LogP contribution in [0.4, 0.5) is 5.69 Å². The van der Waals surface area contributed by atoms with Gasteiger partial charge in [-0.1, -0.05) is 11.6 Å². The Hall–Kier alpha value is -0.000000000000000111. The van der Waals surface area contributed by atoms with Gasteiger partial charge in [0.2, 0.25) is 0 Å². The lowest BCUT2D eigenvalue weighted by atomic mass is 10.2. The highest BCUT2D eigenvalue weighted by atomic mass is 127. The topological polar surface area (TPSA) is 16.1 Å². The van der Waals surface area contributed by atoms with Crippen LogP contribution in [0.1, 0.15) is 5.56 Å². The Labute approximate surface area is 99.8 Å². The van der Waals surface area contributed by atoms with E-state index in [4.69, 9.17) is 23.4 Å². The van der Waals surface area contributed by atoms with Crippen LogP contribution in [0.5, 0.6) is 0 Å². The highest BCUT2D eigenvalue weighted by Gasteiger charge is 2.15. The van der Waals surface area contributed by atoms with Gasteiger partial charge in [0, 0.05) is 33.2 Å². The fourth-order valence-corrected chi connectivity index (χ4v) is 2.49. The molecular formula is C8H5Cl2IN2. The Balaban J connectivity index is 2.56. The summed E-state index contributed by atoms with van der Waals surface area (Å²) in [5, 5.41) is 0.467. The first-order chi connectivity index (χ1) is 6.16. The summed E-state index contributed by atoms with van der Waals surface area (Å²) >= 11 is 14.0. The van der Waals surface area contributed by atoms with E-state index in [-0.39, 0.29) is 0 Å². The molecule has 1 aromatic heterocycles. The molecule has 2 nitrogen and oxygen atoms in total. The summed E-state index contributed by atoms with van der Waals surface area (Å²) in [5.41, 5.74) is 1.93. The smallest absolute Gasteiger partial charge is 0.131 e. The number of halogens is 3. The van der Waals surface area contributed by atoms with Crippen molar-refractivity contribution in [2.45, 2.75) is 0 Å². The first-order valence-corrected chi connectivity index (χ1v) is 5.41. The lowest BCUT2D eigenvalue weighted by molar-refractivity contribution is 1.15.